The number of alkyl halides is 3. The molecule has 132 valence electrons. The Hall–Kier alpha value is -1.88. The number of methoxy groups -OCH3 is 1. The van der Waals surface area contributed by atoms with Crippen molar-refractivity contribution in [3.8, 4) is 0 Å². The van der Waals surface area contributed by atoms with Gasteiger partial charge in [-0.25, -0.2) is 4.79 Å². The minimum absolute atomic E-state index is 0.323. The van der Waals surface area contributed by atoms with Crippen LogP contribution >= 0.6 is 0 Å². The normalized spacial score (nSPS) is 27.9. The van der Waals surface area contributed by atoms with Crippen molar-refractivity contribution < 1.29 is 51.2 Å². The van der Waals surface area contributed by atoms with Crippen LogP contribution in [0.2, 0.25) is 0 Å². The van der Waals surface area contributed by atoms with Gasteiger partial charge in [0.1, 0.15) is 0 Å². The first-order valence-electron chi connectivity index (χ1n) is 6.33. The molecule has 23 heavy (non-hydrogen) atoms. The van der Waals surface area contributed by atoms with Gasteiger partial charge in [0, 0.05) is 21.0 Å². The molecule has 4 unspecified atom stereocenters. The zero-order valence-corrected chi connectivity index (χ0v) is 12.4. The van der Waals surface area contributed by atoms with Crippen LogP contribution in [-0.4, -0.2) is 62.4 Å². The van der Waals surface area contributed by atoms with Crippen molar-refractivity contribution in [1.29, 1.82) is 0 Å². The number of rotatable bonds is 4. The lowest BCUT2D eigenvalue weighted by atomic mass is 10.0. The monoisotopic (exact) mass is 344 g/mol. The Morgan fingerprint density at radius 1 is 1.00 bits per heavy atom. The first-order valence-corrected chi connectivity index (χ1v) is 6.33. The Labute approximate surface area is 128 Å². The number of hydrogen-bond acceptors (Lipinski definition) is 8. The average Bonchev–Trinajstić information content (AvgIpc) is 2.40. The average molecular weight is 344 g/mol. The summed E-state index contributed by atoms with van der Waals surface area (Å²) >= 11 is 0. The van der Waals surface area contributed by atoms with Crippen molar-refractivity contribution in [2.24, 2.45) is 0 Å². The molecule has 0 aromatic carbocycles. The molecule has 1 saturated heterocycles. The van der Waals surface area contributed by atoms with E-state index in [9.17, 15) is 27.6 Å². The highest BCUT2D eigenvalue weighted by Crippen LogP contribution is 2.27. The molecule has 0 aromatic heterocycles. The van der Waals surface area contributed by atoms with Crippen LogP contribution in [0.1, 0.15) is 13.8 Å². The minimum atomic E-state index is -5.27. The summed E-state index contributed by atoms with van der Waals surface area (Å²) in [5, 5.41) is 0. The van der Waals surface area contributed by atoms with E-state index in [1.807, 2.05) is 0 Å². The SMILES string of the molecule is COC1OCC(OC(C)=O)C(OC(C)=O)C1OC(=O)C(F)(F)F. The summed E-state index contributed by atoms with van der Waals surface area (Å²) in [6.45, 7) is 1.71. The number of carbonyl (C=O) groups is 3. The van der Waals surface area contributed by atoms with E-state index in [1.165, 1.54) is 0 Å². The number of ether oxygens (including phenoxy) is 5. The molecule has 1 fully saturated rings. The molecular formula is C12H15F3O8. The third kappa shape index (κ3) is 5.36. The van der Waals surface area contributed by atoms with E-state index in [1.54, 1.807) is 0 Å². The van der Waals surface area contributed by atoms with E-state index >= 15 is 0 Å². The van der Waals surface area contributed by atoms with Crippen molar-refractivity contribution in [2.45, 2.75) is 44.6 Å². The van der Waals surface area contributed by atoms with Gasteiger partial charge in [-0.15, -0.1) is 0 Å². The van der Waals surface area contributed by atoms with Crippen LogP contribution in [0.4, 0.5) is 13.2 Å². The first-order chi connectivity index (χ1) is 10.6. The predicted octanol–water partition coefficient (Wildman–Crippen LogP) is 0.327. The second-order valence-corrected chi connectivity index (χ2v) is 4.53. The van der Waals surface area contributed by atoms with Crippen molar-refractivity contribution >= 4 is 17.9 Å². The Kier molecular flexibility index (Phi) is 6.33. The highest BCUT2D eigenvalue weighted by molar-refractivity contribution is 5.76. The van der Waals surface area contributed by atoms with Crippen molar-refractivity contribution in [1.82, 2.24) is 0 Å². The lowest BCUT2D eigenvalue weighted by Crippen LogP contribution is -2.58. The fourth-order valence-corrected chi connectivity index (χ4v) is 1.91. The minimum Gasteiger partial charge on any atom is -0.456 e. The third-order valence-electron chi connectivity index (χ3n) is 2.71. The van der Waals surface area contributed by atoms with Crippen LogP contribution < -0.4 is 0 Å². The molecular weight excluding hydrogens is 329 g/mol. The van der Waals surface area contributed by atoms with E-state index in [4.69, 9.17) is 18.9 Å². The zero-order valence-electron chi connectivity index (χ0n) is 12.4. The Morgan fingerprint density at radius 2 is 1.57 bits per heavy atom. The standard InChI is InChI=1S/C12H15F3O8/c1-5(16)21-7-4-20-10(19-3)9(8(7)22-6(2)17)23-11(18)12(13,14)15/h7-10H,4H2,1-3H3. The van der Waals surface area contributed by atoms with E-state index in [-0.39, 0.29) is 6.61 Å². The highest BCUT2D eigenvalue weighted by atomic mass is 19.4. The molecule has 1 heterocycles. The summed E-state index contributed by atoms with van der Waals surface area (Å²) < 4.78 is 60.9. The number of carbonyl (C=O) groups excluding carboxylic acids is 3. The molecule has 1 aliphatic rings. The van der Waals surface area contributed by atoms with Crippen molar-refractivity contribution in [3.05, 3.63) is 0 Å². The van der Waals surface area contributed by atoms with E-state index in [0.29, 0.717) is 0 Å². The lowest BCUT2D eigenvalue weighted by molar-refractivity contribution is -0.284. The molecule has 0 bridgehead atoms. The van der Waals surface area contributed by atoms with Crippen LogP contribution in [0.25, 0.3) is 0 Å². The molecule has 0 N–H and O–H groups in total. The van der Waals surface area contributed by atoms with Gasteiger partial charge in [0.2, 0.25) is 0 Å². The molecule has 4 atom stereocenters. The van der Waals surface area contributed by atoms with Gasteiger partial charge in [-0.2, -0.15) is 13.2 Å². The predicted molar refractivity (Wildman–Crippen MR) is 63.8 cm³/mol. The van der Waals surface area contributed by atoms with Crippen LogP contribution in [0.15, 0.2) is 0 Å². The fraction of sp³-hybridized carbons (Fsp3) is 0.750. The molecule has 0 aliphatic carbocycles. The van der Waals surface area contributed by atoms with Gasteiger partial charge in [-0.3, -0.25) is 9.59 Å². The summed E-state index contributed by atoms with van der Waals surface area (Å²) in [5.41, 5.74) is 0. The maximum atomic E-state index is 12.4. The first kappa shape index (κ1) is 19.2. The Balaban J connectivity index is 3.05. The maximum Gasteiger partial charge on any atom is 0.490 e. The second-order valence-electron chi connectivity index (χ2n) is 4.53. The van der Waals surface area contributed by atoms with Gasteiger partial charge in [0.15, 0.2) is 24.6 Å². The van der Waals surface area contributed by atoms with Gasteiger partial charge in [0.05, 0.1) is 6.61 Å². The topological polar surface area (TPSA) is 97.4 Å². The number of esters is 3. The summed E-state index contributed by atoms with van der Waals surface area (Å²) in [6.07, 6.45) is -11.2. The second kappa shape index (κ2) is 7.59. The van der Waals surface area contributed by atoms with Crippen LogP contribution in [0, 0.1) is 0 Å². The lowest BCUT2D eigenvalue weighted by Gasteiger charge is -2.39. The quantitative estimate of drug-likeness (QED) is 0.532. The highest BCUT2D eigenvalue weighted by Gasteiger charge is 2.51. The van der Waals surface area contributed by atoms with Crippen molar-refractivity contribution in [2.75, 3.05) is 13.7 Å². The van der Waals surface area contributed by atoms with Gasteiger partial charge < -0.3 is 23.7 Å². The van der Waals surface area contributed by atoms with Gasteiger partial charge in [0.25, 0.3) is 0 Å². The van der Waals surface area contributed by atoms with Crippen LogP contribution in [0.3, 0.4) is 0 Å². The van der Waals surface area contributed by atoms with Crippen LogP contribution in [0.5, 0.6) is 0 Å². The summed E-state index contributed by atoms with van der Waals surface area (Å²) in [6, 6.07) is 0. The van der Waals surface area contributed by atoms with E-state index < -0.39 is 48.7 Å². The van der Waals surface area contributed by atoms with Gasteiger partial charge >= 0.3 is 24.1 Å². The Bertz CT molecular complexity index is 464. The molecule has 0 saturated carbocycles. The van der Waals surface area contributed by atoms with Crippen LogP contribution in [-0.2, 0) is 38.1 Å². The largest absolute Gasteiger partial charge is 0.490 e. The molecule has 0 spiro atoms. The number of halogens is 3. The number of hydrogen-bond donors (Lipinski definition) is 0. The molecule has 11 heteroatoms. The molecule has 1 aliphatic heterocycles. The smallest absolute Gasteiger partial charge is 0.456 e. The molecule has 0 amide bonds. The summed E-state index contributed by atoms with van der Waals surface area (Å²) in [5.74, 6) is -4.18. The third-order valence-corrected chi connectivity index (χ3v) is 2.71. The van der Waals surface area contributed by atoms with E-state index in [0.717, 1.165) is 21.0 Å². The molecule has 8 nitrogen and oxygen atoms in total. The Morgan fingerprint density at radius 3 is 2.00 bits per heavy atom. The van der Waals surface area contributed by atoms with Gasteiger partial charge in [-0.05, 0) is 0 Å². The fourth-order valence-electron chi connectivity index (χ4n) is 1.91. The molecule has 0 aromatic rings. The van der Waals surface area contributed by atoms with E-state index in [2.05, 4.69) is 4.74 Å². The van der Waals surface area contributed by atoms with Crippen molar-refractivity contribution in [3.63, 3.8) is 0 Å². The molecule has 1 rings (SSSR count). The summed E-state index contributed by atoms with van der Waals surface area (Å²) in [4.78, 5) is 33.3. The molecule has 0 radical (unpaired) electrons. The summed E-state index contributed by atoms with van der Waals surface area (Å²) in [7, 11) is 1.09. The zero-order chi connectivity index (χ0) is 17.8. The maximum absolute atomic E-state index is 12.4. The van der Waals surface area contributed by atoms with Gasteiger partial charge in [-0.1, -0.05) is 0 Å².